The summed E-state index contributed by atoms with van der Waals surface area (Å²) in [5.74, 6) is 0. The summed E-state index contributed by atoms with van der Waals surface area (Å²) >= 11 is 0. The van der Waals surface area contributed by atoms with E-state index in [2.05, 4.69) is 23.7 Å². The molecule has 0 atom stereocenters. The second-order valence-corrected chi connectivity index (χ2v) is 3.71. The molecule has 0 amide bonds. The van der Waals surface area contributed by atoms with Crippen LogP contribution in [0.2, 0.25) is 0 Å². The lowest BCUT2D eigenvalue weighted by Gasteiger charge is -2.25. The minimum absolute atomic E-state index is 0.534. The third-order valence-corrected chi connectivity index (χ3v) is 2.28. The fourth-order valence-corrected chi connectivity index (χ4v) is 1.41. The average Bonchev–Trinajstić information content (AvgIpc) is 2.18. The van der Waals surface area contributed by atoms with Crippen LogP contribution in [0.3, 0.4) is 0 Å². The van der Waals surface area contributed by atoms with Crippen molar-refractivity contribution in [3.05, 3.63) is 30.1 Å². The fourth-order valence-electron chi connectivity index (χ4n) is 1.41. The standard InChI is InChI=1S/C11H19N3/c1-10(2)14(8-5-12)9-11-3-6-13-7-4-11/h3-4,6-7,10H,5,8-9,12H2,1-2H3. The van der Waals surface area contributed by atoms with Gasteiger partial charge in [0.1, 0.15) is 0 Å². The van der Waals surface area contributed by atoms with Crippen molar-refractivity contribution in [1.82, 2.24) is 9.88 Å². The summed E-state index contributed by atoms with van der Waals surface area (Å²) in [5, 5.41) is 0. The normalized spacial score (nSPS) is 11.2. The number of hydrogen-bond acceptors (Lipinski definition) is 3. The predicted molar refractivity (Wildman–Crippen MR) is 58.8 cm³/mol. The highest BCUT2D eigenvalue weighted by molar-refractivity contribution is 5.09. The highest BCUT2D eigenvalue weighted by Gasteiger charge is 2.08. The summed E-state index contributed by atoms with van der Waals surface area (Å²) in [6.07, 6.45) is 3.66. The van der Waals surface area contributed by atoms with Crippen LogP contribution in [0.4, 0.5) is 0 Å². The maximum Gasteiger partial charge on any atom is 0.0271 e. The van der Waals surface area contributed by atoms with Gasteiger partial charge in [-0.2, -0.15) is 0 Å². The highest BCUT2D eigenvalue weighted by atomic mass is 15.1. The Morgan fingerprint density at radius 2 is 2.00 bits per heavy atom. The zero-order valence-corrected chi connectivity index (χ0v) is 8.98. The Morgan fingerprint density at radius 1 is 1.36 bits per heavy atom. The molecule has 1 heterocycles. The predicted octanol–water partition coefficient (Wildman–Crippen LogP) is 1.25. The number of nitrogens with two attached hydrogens (primary N) is 1. The molecule has 0 aliphatic heterocycles. The summed E-state index contributed by atoms with van der Waals surface area (Å²) in [5.41, 5.74) is 6.86. The monoisotopic (exact) mass is 193 g/mol. The second-order valence-electron chi connectivity index (χ2n) is 3.71. The van der Waals surface area contributed by atoms with Crippen LogP contribution < -0.4 is 5.73 Å². The molecular weight excluding hydrogens is 174 g/mol. The van der Waals surface area contributed by atoms with E-state index in [1.165, 1.54) is 5.56 Å². The van der Waals surface area contributed by atoms with E-state index in [-0.39, 0.29) is 0 Å². The molecule has 2 N–H and O–H groups in total. The van der Waals surface area contributed by atoms with Crippen molar-refractivity contribution in [3.8, 4) is 0 Å². The summed E-state index contributed by atoms with van der Waals surface area (Å²) in [6, 6.07) is 4.63. The first-order chi connectivity index (χ1) is 6.74. The molecule has 1 aromatic heterocycles. The fraction of sp³-hybridized carbons (Fsp3) is 0.545. The minimum atomic E-state index is 0.534. The largest absolute Gasteiger partial charge is 0.329 e. The van der Waals surface area contributed by atoms with E-state index >= 15 is 0 Å². The van der Waals surface area contributed by atoms with Crippen molar-refractivity contribution in [2.45, 2.75) is 26.4 Å². The number of rotatable bonds is 5. The van der Waals surface area contributed by atoms with Crippen LogP contribution in [0.25, 0.3) is 0 Å². The number of pyridine rings is 1. The van der Waals surface area contributed by atoms with Crippen LogP contribution in [0.5, 0.6) is 0 Å². The zero-order valence-electron chi connectivity index (χ0n) is 8.98. The van der Waals surface area contributed by atoms with Gasteiger partial charge in [-0.1, -0.05) is 0 Å². The Morgan fingerprint density at radius 3 is 2.50 bits per heavy atom. The smallest absolute Gasteiger partial charge is 0.0271 e. The Bertz CT molecular complexity index is 246. The molecule has 78 valence electrons. The van der Waals surface area contributed by atoms with Crippen molar-refractivity contribution >= 4 is 0 Å². The van der Waals surface area contributed by atoms with E-state index in [0.717, 1.165) is 13.1 Å². The van der Waals surface area contributed by atoms with Gasteiger partial charge in [0.25, 0.3) is 0 Å². The quantitative estimate of drug-likeness (QED) is 0.765. The number of aromatic nitrogens is 1. The molecule has 0 spiro atoms. The van der Waals surface area contributed by atoms with Gasteiger partial charge in [0.05, 0.1) is 0 Å². The van der Waals surface area contributed by atoms with Gasteiger partial charge in [-0.15, -0.1) is 0 Å². The van der Waals surface area contributed by atoms with Crippen molar-refractivity contribution in [2.24, 2.45) is 5.73 Å². The van der Waals surface area contributed by atoms with Gasteiger partial charge in [-0.25, -0.2) is 0 Å². The molecule has 0 aromatic carbocycles. The SMILES string of the molecule is CC(C)N(CCN)Cc1ccncc1. The van der Waals surface area contributed by atoms with E-state index in [1.54, 1.807) is 0 Å². The first kappa shape index (κ1) is 11.1. The number of hydrogen-bond donors (Lipinski definition) is 1. The molecule has 3 heteroatoms. The molecule has 3 nitrogen and oxygen atoms in total. The molecule has 0 fully saturated rings. The Hall–Kier alpha value is -0.930. The molecular formula is C11H19N3. The molecule has 1 aromatic rings. The van der Waals surface area contributed by atoms with E-state index < -0.39 is 0 Å². The van der Waals surface area contributed by atoms with Gasteiger partial charge in [0.2, 0.25) is 0 Å². The zero-order chi connectivity index (χ0) is 10.4. The van der Waals surface area contributed by atoms with Crippen molar-refractivity contribution in [2.75, 3.05) is 13.1 Å². The van der Waals surface area contributed by atoms with Crippen LogP contribution in [-0.2, 0) is 6.54 Å². The van der Waals surface area contributed by atoms with Crippen LogP contribution in [0.15, 0.2) is 24.5 Å². The van der Waals surface area contributed by atoms with Gasteiger partial charge < -0.3 is 5.73 Å². The molecule has 0 saturated carbocycles. The van der Waals surface area contributed by atoms with Crippen molar-refractivity contribution in [3.63, 3.8) is 0 Å². The van der Waals surface area contributed by atoms with Gasteiger partial charge in [-0.05, 0) is 31.5 Å². The summed E-state index contributed by atoms with van der Waals surface area (Å²) in [4.78, 5) is 6.36. The molecule has 14 heavy (non-hydrogen) atoms. The van der Waals surface area contributed by atoms with Gasteiger partial charge in [0, 0.05) is 38.1 Å². The molecule has 0 bridgehead atoms. The van der Waals surface area contributed by atoms with Gasteiger partial charge in [0.15, 0.2) is 0 Å². The third-order valence-electron chi connectivity index (χ3n) is 2.28. The third kappa shape index (κ3) is 3.44. The van der Waals surface area contributed by atoms with Gasteiger partial charge in [-0.3, -0.25) is 9.88 Å². The lowest BCUT2D eigenvalue weighted by Crippen LogP contribution is -2.34. The Labute approximate surface area is 85.9 Å². The first-order valence-electron chi connectivity index (χ1n) is 5.07. The van der Waals surface area contributed by atoms with E-state index in [1.807, 2.05) is 24.5 Å². The van der Waals surface area contributed by atoms with E-state index in [0.29, 0.717) is 12.6 Å². The molecule has 0 aliphatic carbocycles. The molecule has 0 unspecified atom stereocenters. The highest BCUT2D eigenvalue weighted by Crippen LogP contribution is 2.06. The Balaban J connectivity index is 2.55. The van der Waals surface area contributed by atoms with E-state index in [4.69, 9.17) is 5.73 Å². The van der Waals surface area contributed by atoms with Crippen LogP contribution in [0.1, 0.15) is 19.4 Å². The average molecular weight is 193 g/mol. The van der Waals surface area contributed by atoms with Crippen LogP contribution >= 0.6 is 0 Å². The lowest BCUT2D eigenvalue weighted by molar-refractivity contribution is 0.219. The second kappa shape index (κ2) is 5.73. The van der Waals surface area contributed by atoms with Crippen LogP contribution in [-0.4, -0.2) is 29.0 Å². The van der Waals surface area contributed by atoms with Crippen LogP contribution in [0, 0.1) is 0 Å². The number of nitrogens with zero attached hydrogens (tertiary/aromatic N) is 2. The summed E-state index contributed by atoms with van der Waals surface area (Å²) in [7, 11) is 0. The maximum atomic E-state index is 5.57. The Kier molecular flexibility index (Phi) is 4.56. The minimum Gasteiger partial charge on any atom is -0.329 e. The van der Waals surface area contributed by atoms with Crippen molar-refractivity contribution in [1.29, 1.82) is 0 Å². The molecule has 0 saturated heterocycles. The van der Waals surface area contributed by atoms with E-state index in [9.17, 15) is 0 Å². The summed E-state index contributed by atoms with van der Waals surface area (Å²) < 4.78 is 0. The molecule has 0 radical (unpaired) electrons. The molecule has 1 rings (SSSR count). The summed E-state index contributed by atoms with van der Waals surface area (Å²) in [6.45, 7) is 6.99. The lowest BCUT2D eigenvalue weighted by atomic mass is 10.2. The van der Waals surface area contributed by atoms with Crippen molar-refractivity contribution < 1.29 is 0 Å². The maximum absolute atomic E-state index is 5.57. The molecule has 0 aliphatic rings. The van der Waals surface area contributed by atoms with Gasteiger partial charge >= 0.3 is 0 Å². The first-order valence-corrected chi connectivity index (χ1v) is 5.07. The topological polar surface area (TPSA) is 42.1 Å².